The third-order valence-corrected chi connectivity index (χ3v) is 24.0. The normalized spacial score (nSPS) is 13.6. The fraction of sp³-hybridized carbons (Fsp3) is 1.00. The quantitative estimate of drug-likeness (QED) is 0.191. The van der Waals surface area contributed by atoms with E-state index in [1.807, 2.05) is 0 Å². The van der Waals surface area contributed by atoms with Gasteiger partial charge in [0.15, 0.2) is 0 Å². The van der Waals surface area contributed by atoms with Crippen LogP contribution in [-0.2, 0) is 0 Å². The Kier molecular flexibility index (Phi) is 14.9. The van der Waals surface area contributed by atoms with Crippen molar-refractivity contribution in [2.45, 2.75) is 122 Å². The van der Waals surface area contributed by atoms with Crippen LogP contribution in [0.5, 0.6) is 0 Å². The van der Waals surface area contributed by atoms with Crippen LogP contribution < -0.4 is 0 Å². The molecule has 0 radical (unpaired) electrons. The van der Waals surface area contributed by atoms with Gasteiger partial charge in [0, 0.05) is 0 Å². The number of hydrogen-bond acceptors (Lipinski definition) is 0. The Morgan fingerprint density at radius 3 is 1.38 bits per heavy atom. The van der Waals surface area contributed by atoms with Crippen LogP contribution in [-0.4, -0.2) is 18.4 Å². The summed E-state index contributed by atoms with van der Waals surface area (Å²) in [6, 6.07) is 0. The average molecular weight is 403 g/mol. The predicted molar refractivity (Wildman–Crippen MR) is 103 cm³/mol. The minimum atomic E-state index is -1.88. The van der Waals surface area contributed by atoms with Crippen LogP contribution >= 0.6 is 0 Å². The first-order valence-electron chi connectivity index (χ1n) is 10.2. The van der Waals surface area contributed by atoms with E-state index in [-0.39, 0.29) is 0 Å². The molecule has 0 N–H and O–H groups in total. The number of hydrogen-bond donors (Lipinski definition) is 0. The van der Waals surface area contributed by atoms with Gasteiger partial charge in [-0.25, -0.2) is 0 Å². The molecule has 0 aromatic carbocycles. The molecule has 0 nitrogen and oxygen atoms in total. The molecule has 0 heterocycles. The summed E-state index contributed by atoms with van der Waals surface area (Å²) in [5.74, 6) is 0. The van der Waals surface area contributed by atoms with Gasteiger partial charge in [-0.2, -0.15) is 0 Å². The topological polar surface area (TPSA) is 0 Å². The van der Waals surface area contributed by atoms with Gasteiger partial charge in [0.05, 0.1) is 0 Å². The molecular formula is C20H44Sn. The van der Waals surface area contributed by atoms with Crippen molar-refractivity contribution in [3.8, 4) is 0 Å². The molecule has 0 saturated heterocycles. The SMILES string of the molecule is CCCCCC[CH](C)[Sn]([CH2]CCC)([CH2]CCC)[CH2]CCC. The van der Waals surface area contributed by atoms with Gasteiger partial charge in [0.25, 0.3) is 0 Å². The first kappa shape index (κ1) is 21.8. The molecule has 0 aromatic heterocycles. The summed E-state index contributed by atoms with van der Waals surface area (Å²) in [6.45, 7) is 12.2. The first-order chi connectivity index (χ1) is 10.2. The van der Waals surface area contributed by atoms with Crippen molar-refractivity contribution >= 4 is 18.4 Å². The second-order valence-electron chi connectivity index (χ2n) is 7.42. The number of rotatable bonds is 15. The monoisotopic (exact) mass is 404 g/mol. The summed E-state index contributed by atoms with van der Waals surface area (Å²) in [4.78, 5) is 0. The molecule has 0 bridgehead atoms. The third-order valence-electron chi connectivity index (χ3n) is 5.62. The van der Waals surface area contributed by atoms with Crippen LogP contribution in [0, 0.1) is 0 Å². The standard InChI is InChI=1S/C8H17.3C4H9.Sn/c1-3-5-7-8-6-4-2;3*1-3-4-2;/h3H,4-8H2,1-2H3;3*1,3-4H2,2H3;. The molecule has 0 aliphatic carbocycles. The van der Waals surface area contributed by atoms with Crippen molar-refractivity contribution in [3.05, 3.63) is 0 Å². The molecule has 0 spiro atoms. The second-order valence-corrected chi connectivity index (χ2v) is 22.3. The zero-order valence-electron chi connectivity index (χ0n) is 16.0. The zero-order valence-corrected chi connectivity index (χ0v) is 18.8. The van der Waals surface area contributed by atoms with Crippen molar-refractivity contribution in [1.29, 1.82) is 0 Å². The van der Waals surface area contributed by atoms with Gasteiger partial charge in [-0.05, 0) is 0 Å². The molecule has 0 aliphatic heterocycles. The summed E-state index contributed by atoms with van der Waals surface area (Å²) in [5, 5.41) is 0. The van der Waals surface area contributed by atoms with E-state index >= 15 is 0 Å². The van der Waals surface area contributed by atoms with E-state index in [4.69, 9.17) is 0 Å². The van der Waals surface area contributed by atoms with Crippen LogP contribution in [0.2, 0.25) is 17.2 Å². The third kappa shape index (κ3) is 9.51. The van der Waals surface area contributed by atoms with E-state index < -0.39 is 18.4 Å². The summed E-state index contributed by atoms with van der Waals surface area (Å²) in [7, 11) is 0. The van der Waals surface area contributed by atoms with Crippen LogP contribution in [0.3, 0.4) is 0 Å². The molecule has 0 aromatic rings. The van der Waals surface area contributed by atoms with Crippen LogP contribution in [0.25, 0.3) is 0 Å². The maximum absolute atomic E-state index is 2.67. The molecule has 128 valence electrons. The summed E-state index contributed by atoms with van der Waals surface area (Å²) in [5.41, 5.74) is 0. The molecule has 0 rings (SSSR count). The Balaban J connectivity index is 4.65. The predicted octanol–water partition coefficient (Wildman–Crippen LogP) is 8.20. The Hall–Kier alpha value is 0.799. The summed E-state index contributed by atoms with van der Waals surface area (Å²) < 4.78 is 6.22. The number of unbranched alkanes of at least 4 members (excludes halogenated alkanes) is 6. The van der Waals surface area contributed by atoms with Crippen molar-refractivity contribution < 1.29 is 0 Å². The molecule has 0 aliphatic rings. The van der Waals surface area contributed by atoms with E-state index in [0.29, 0.717) is 0 Å². The average Bonchev–Trinajstić information content (AvgIpc) is 2.51. The Morgan fingerprint density at radius 2 is 1.00 bits per heavy atom. The molecule has 1 heteroatoms. The van der Waals surface area contributed by atoms with Crippen LogP contribution in [0.4, 0.5) is 0 Å². The molecule has 0 fully saturated rings. The fourth-order valence-electron chi connectivity index (χ4n) is 3.88. The van der Waals surface area contributed by atoms with E-state index in [1.165, 1.54) is 64.2 Å². The Labute approximate surface area is 140 Å². The van der Waals surface area contributed by atoms with Gasteiger partial charge < -0.3 is 0 Å². The van der Waals surface area contributed by atoms with Crippen LogP contribution in [0.15, 0.2) is 0 Å². The second kappa shape index (κ2) is 14.4. The molecular weight excluding hydrogens is 359 g/mol. The van der Waals surface area contributed by atoms with Crippen molar-refractivity contribution in [2.75, 3.05) is 0 Å². The van der Waals surface area contributed by atoms with Crippen LogP contribution in [0.1, 0.15) is 105 Å². The molecule has 0 saturated carbocycles. The first-order valence-corrected chi connectivity index (χ1v) is 17.9. The van der Waals surface area contributed by atoms with Gasteiger partial charge in [-0.15, -0.1) is 0 Å². The van der Waals surface area contributed by atoms with Gasteiger partial charge in [0.1, 0.15) is 0 Å². The summed E-state index contributed by atoms with van der Waals surface area (Å²) >= 11 is -1.88. The van der Waals surface area contributed by atoms with Gasteiger partial charge in [-0.3, -0.25) is 0 Å². The van der Waals surface area contributed by atoms with Crippen molar-refractivity contribution in [1.82, 2.24) is 0 Å². The van der Waals surface area contributed by atoms with Crippen molar-refractivity contribution in [3.63, 3.8) is 0 Å². The molecule has 1 unspecified atom stereocenters. The van der Waals surface area contributed by atoms with Gasteiger partial charge in [-0.1, -0.05) is 0 Å². The van der Waals surface area contributed by atoms with Gasteiger partial charge >= 0.3 is 141 Å². The fourth-order valence-corrected chi connectivity index (χ4v) is 21.6. The molecule has 21 heavy (non-hydrogen) atoms. The molecule has 0 amide bonds. The Morgan fingerprint density at radius 1 is 0.571 bits per heavy atom. The van der Waals surface area contributed by atoms with E-state index in [2.05, 4.69) is 34.6 Å². The Bertz CT molecular complexity index is 190. The van der Waals surface area contributed by atoms with E-state index in [0.717, 1.165) is 3.93 Å². The minimum absolute atomic E-state index is 1.14. The zero-order chi connectivity index (χ0) is 16.0. The van der Waals surface area contributed by atoms with E-state index in [1.54, 1.807) is 19.7 Å². The molecule has 1 atom stereocenters. The van der Waals surface area contributed by atoms with E-state index in [9.17, 15) is 0 Å². The summed E-state index contributed by atoms with van der Waals surface area (Å²) in [6.07, 6.45) is 16.2. The van der Waals surface area contributed by atoms with Gasteiger partial charge in [0.2, 0.25) is 0 Å². The van der Waals surface area contributed by atoms with Crippen molar-refractivity contribution in [2.24, 2.45) is 0 Å². The maximum atomic E-state index is 2.67.